The molecule has 0 aromatic heterocycles. The first kappa shape index (κ1) is 11.8. The largest absolute Gasteiger partial charge is 0.352 e. The van der Waals surface area contributed by atoms with E-state index in [1.165, 1.54) is 0 Å². The van der Waals surface area contributed by atoms with Crippen molar-refractivity contribution in [1.82, 2.24) is 10.6 Å². The number of carbonyl (C=O) groups excluding carboxylic acids is 1. The number of amides is 1. The monoisotopic (exact) mass is 232 g/mol. The van der Waals surface area contributed by atoms with Crippen molar-refractivity contribution in [2.45, 2.75) is 50.6 Å². The summed E-state index contributed by atoms with van der Waals surface area (Å²) in [6, 6.07) is -0.550. The first-order valence-corrected chi connectivity index (χ1v) is 5.89. The summed E-state index contributed by atoms with van der Waals surface area (Å²) >= 11 is 0. The molecular formula is C11H18F2N2O. The molecule has 3 atom stereocenters. The van der Waals surface area contributed by atoms with Crippen LogP contribution in [0, 0.1) is 5.92 Å². The maximum Gasteiger partial charge on any atom is 0.262 e. The van der Waals surface area contributed by atoms with Crippen LogP contribution in [0.3, 0.4) is 0 Å². The van der Waals surface area contributed by atoms with Crippen LogP contribution in [-0.2, 0) is 4.79 Å². The fraction of sp³-hybridized carbons (Fsp3) is 0.909. The van der Waals surface area contributed by atoms with Gasteiger partial charge in [-0.25, -0.2) is 8.78 Å². The molecule has 16 heavy (non-hydrogen) atoms. The molecule has 3 unspecified atom stereocenters. The van der Waals surface area contributed by atoms with Crippen LogP contribution < -0.4 is 10.6 Å². The van der Waals surface area contributed by atoms with Crippen molar-refractivity contribution in [3.63, 3.8) is 0 Å². The Morgan fingerprint density at radius 2 is 2.19 bits per heavy atom. The van der Waals surface area contributed by atoms with Crippen LogP contribution in [0.25, 0.3) is 0 Å². The predicted molar refractivity (Wildman–Crippen MR) is 56.3 cm³/mol. The first-order chi connectivity index (χ1) is 7.48. The topological polar surface area (TPSA) is 41.1 Å². The summed E-state index contributed by atoms with van der Waals surface area (Å²) < 4.78 is 25.8. The van der Waals surface area contributed by atoms with Gasteiger partial charge < -0.3 is 5.32 Å². The number of nitrogens with one attached hydrogen (secondary N) is 2. The fourth-order valence-electron chi connectivity index (χ4n) is 2.54. The van der Waals surface area contributed by atoms with Gasteiger partial charge in [0.25, 0.3) is 5.92 Å². The van der Waals surface area contributed by atoms with E-state index in [1.807, 2.05) is 0 Å². The van der Waals surface area contributed by atoms with Crippen molar-refractivity contribution < 1.29 is 13.6 Å². The van der Waals surface area contributed by atoms with Gasteiger partial charge in [0.1, 0.15) is 0 Å². The Morgan fingerprint density at radius 1 is 1.44 bits per heavy atom. The Balaban J connectivity index is 1.84. The molecule has 0 aromatic carbocycles. The fourth-order valence-corrected chi connectivity index (χ4v) is 2.54. The number of alkyl halides is 2. The molecule has 0 radical (unpaired) electrons. The molecule has 2 fully saturated rings. The molecular weight excluding hydrogens is 214 g/mol. The highest BCUT2D eigenvalue weighted by Crippen LogP contribution is 2.27. The summed E-state index contributed by atoms with van der Waals surface area (Å²) in [7, 11) is 0. The van der Waals surface area contributed by atoms with E-state index in [-0.39, 0.29) is 24.9 Å². The molecule has 1 saturated heterocycles. The third kappa shape index (κ3) is 2.51. The van der Waals surface area contributed by atoms with E-state index in [1.54, 1.807) is 0 Å². The van der Waals surface area contributed by atoms with Gasteiger partial charge >= 0.3 is 0 Å². The molecule has 0 spiro atoms. The van der Waals surface area contributed by atoms with Crippen LogP contribution in [0.4, 0.5) is 8.78 Å². The zero-order chi connectivity index (χ0) is 11.8. The summed E-state index contributed by atoms with van der Waals surface area (Å²) in [5.74, 6) is -2.54. The second-order valence-corrected chi connectivity index (χ2v) is 5.02. The van der Waals surface area contributed by atoms with Gasteiger partial charge in [-0.05, 0) is 18.8 Å². The lowest BCUT2D eigenvalue weighted by atomic mass is 10.1. The smallest absolute Gasteiger partial charge is 0.262 e. The van der Waals surface area contributed by atoms with Crippen molar-refractivity contribution in [2.75, 3.05) is 6.54 Å². The quantitative estimate of drug-likeness (QED) is 0.753. The lowest BCUT2D eigenvalue weighted by molar-refractivity contribution is -0.124. The molecule has 1 heterocycles. The van der Waals surface area contributed by atoms with E-state index < -0.39 is 12.0 Å². The normalized spacial score (nSPS) is 37.6. The van der Waals surface area contributed by atoms with Crippen LogP contribution in [0.5, 0.6) is 0 Å². The summed E-state index contributed by atoms with van der Waals surface area (Å²) in [4.78, 5) is 11.7. The molecule has 3 nitrogen and oxygen atoms in total. The van der Waals surface area contributed by atoms with Gasteiger partial charge in [-0.1, -0.05) is 13.3 Å². The minimum Gasteiger partial charge on any atom is -0.352 e. The number of carbonyl (C=O) groups is 1. The Bertz CT molecular complexity index is 283. The summed E-state index contributed by atoms with van der Waals surface area (Å²) in [6.07, 6.45) is 2.82. The standard InChI is InChI=1S/C11H18F2N2O/c1-7-3-2-4-8(7)15-10(16)9-5-11(12,13)6-14-9/h7-9,14H,2-6H2,1H3,(H,15,16). The molecule has 1 aliphatic carbocycles. The van der Waals surface area contributed by atoms with Gasteiger partial charge in [0.15, 0.2) is 0 Å². The number of rotatable bonds is 2. The zero-order valence-electron chi connectivity index (χ0n) is 9.43. The Labute approximate surface area is 94.0 Å². The van der Waals surface area contributed by atoms with Crippen LogP contribution in [-0.4, -0.2) is 30.5 Å². The third-order valence-corrected chi connectivity index (χ3v) is 3.62. The van der Waals surface area contributed by atoms with Gasteiger partial charge in [-0.15, -0.1) is 0 Å². The van der Waals surface area contributed by atoms with Gasteiger partial charge in [0.2, 0.25) is 5.91 Å². The number of hydrogen-bond donors (Lipinski definition) is 2. The molecule has 92 valence electrons. The van der Waals surface area contributed by atoms with E-state index >= 15 is 0 Å². The summed E-state index contributed by atoms with van der Waals surface area (Å²) in [6.45, 7) is 1.71. The Kier molecular flexibility index (Phi) is 3.15. The third-order valence-electron chi connectivity index (χ3n) is 3.62. The maximum atomic E-state index is 12.9. The molecule has 0 bridgehead atoms. The van der Waals surface area contributed by atoms with Crippen LogP contribution in [0.1, 0.15) is 32.6 Å². The van der Waals surface area contributed by atoms with Gasteiger partial charge in [-0.3, -0.25) is 10.1 Å². The highest BCUT2D eigenvalue weighted by atomic mass is 19.3. The maximum absolute atomic E-state index is 12.9. The van der Waals surface area contributed by atoms with Crippen LogP contribution in [0.2, 0.25) is 0 Å². The Hall–Kier alpha value is -0.710. The minimum atomic E-state index is -2.73. The Morgan fingerprint density at radius 3 is 2.69 bits per heavy atom. The van der Waals surface area contributed by atoms with Gasteiger partial charge in [-0.2, -0.15) is 0 Å². The van der Waals surface area contributed by atoms with E-state index in [0.717, 1.165) is 19.3 Å². The van der Waals surface area contributed by atoms with E-state index in [0.29, 0.717) is 5.92 Å². The summed E-state index contributed by atoms with van der Waals surface area (Å²) in [5, 5.41) is 5.45. The second kappa shape index (κ2) is 4.28. The zero-order valence-corrected chi connectivity index (χ0v) is 9.43. The molecule has 1 aliphatic heterocycles. The molecule has 2 rings (SSSR count). The average Bonchev–Trinajstić information content (AvgIpc) is 2.74. The van der Waals surface area contributed by atoms with Crippen LogP contribution in [0.15, 0.2) is 0 Å². The van der Waals surface area contributed by atoms with Crippen molar-refractivity contribution >= 4 is 5.91 Å². The molecule has 0 aromatic rings. The van der Waals surface area contributed by atoms with E-state index in [9.17, 15) is 13.6 Å². The van der Waals surface area contributed by atoms with Gasteiger partial charge in [0, 0.05) is 12.5 Å². The highest BCUT2D eigenvalue weighted by molar-refractivity contribution is 5.82. The second-order valence-electron chi connectivity index (χ2n) is 5.02. The SMILES string of the molecule is CC1CCCC1NC(=O)C1CC(F)(F)CN1. The number of hydrogen-bond acceptors (Lipinski definition) is 2. The van der Waals surface area contributed by atoms with Gasteiger partial charge in [0.05, 0.1) is 12.6 Å². The molecule has 5 heteroatoms. The van der Waals surface area contributed by atoms with Crippen LogP contribution >= 0.6 is 0 Å². The molecule has 2 aliphatic rings. The molecule has 2 N–H and O–H groups in total. The van der Waals surface area contributed by atoms with Crippen molar-refractivity contribution in [3.8, 4) is 0 Å². The van der Waals surface area contributed by atoms with Crippen molar-refractivity contribution in [2.24, 2.45) is 5.92 Å². The molecule has 1 amide bonds. The van der Waals surface area contributed by atoms with Crippen molar-refractivity contribution in [3.05, 3.63) is 0 Å². The summed E-state index contributed by atoms with van der Waals surface area (Å²) in [5.41, 5.74) is 0. The van der Waals surface area contributed by atoms with Crippen molar-refractivity contribution in [1.29, 1.82) is 0 Å². The number of halogens is 2. The van der Waals surface area contributed by atoms with E-state index in [4.69, 9.17) is 0 Å². The lowest BCUT2D eigenvalue weighted by Gasteiger charge is -2.19. The highest BCUT2D eigenvalue weighted by Gasteiger charge is 2.42. The predicted octanol–water partition coefficient (Wildman–Crippen LogP) is 1.29. The lowest BCUT2D eigenvalue weighted by Crippen LogP contribution is -2.46. The minimum absolute atomic E-state index is 0.170. The van der Waals surface area contributed by atoms with E-state index in [2.05, 4.69) is 17.6 Å². The molecule has 1 saturated carbocycles. The first-order valence-electron chi connectivity index (χ1n) is 5.89. The average molecular weight is 232 g/mol.